The number of nitrogens with zero attached hydrogens (tertiary/aromatic N) is 4. The minimum atomic E-state index is -1.31. The Morgan fingerprint density at radius 1 is 0.792 bits per heavy atom. The van der Waals surface area contributed by atoms with Gasteiger partial charge in [-0.3, -0.25) is 4.57 Å². The Hall–Kier alpha value is -5.75. The monoisotopic (exact) mass is 626 g/mol. The number of pyridine rings is 1. The number of rotatable bonds is 3. The fourth-order valence-corrected chi connectivity index (χ4v) is 8.21. The number of ether oxygens (including phenoxy) is 1. The number of allylic oxidation sites excluding steroid dienone is 4. The zero-order valence-electron chi connectivity index (χ0n) is 26.5. The van der Waals surface area contributed by atoms with Crippen LogP contribution in [0.1, 0.15) is 59.9 Å². The lowest BCUT2D eigenvalue weighted by molar-refractivity contribution is 0.396. The van der Waals surface area contributed by atoms with Gasteiger partial charge in [0, 0.05) is 63.4 Å². The number of para-hydroxylation sites is 2. The van der Waals surface area contributed by atoms with E-state index in [0.717, 1.165) is 61.8 Å². The second kappa shape index (κ2) is 9.88. The molecular weight excluding hydrogens is 595 g/mol. The van der Waals surface area contributed by atoms with E-state index in [1.165, 1.54) is 5.56 Å². The van der Waals surface area contributed by atoms with E-state index in [0.29, 0.717) is 11.1 Å². The van der Waals surface area contributed by atoms with E-state index in [1.807, 2.05) is 67.1 Å². The maximum absolute atomic E-state index is 16.7. The zero-order valence-corrected chi connectivity index (χ0v) is 26.5. The highest BCUT2D eigenvalue weighted by molar-refractivity contribution is 6.09. The van der Waals surface area contributed by atoms with Crippen molar-refractivity contribution >= 4 is 21.9 Å². The molecule has 0 saturated carbocycles. The van der Waals surface area contributed by atoms with Gasteiger partial charge in [-0.1, -0.05) is 80.6 Å². The van der Waals surface area contributed by atoms with E-state index in [1.54, 1.807) is 0 Å². The Bertz CT molecular complexity index is 2520. The molecule has 0 radical (unpaired) electrons. The quantitative estimate of drug-likeness (QED) is 0.196. The van der Waals surface area contributed by atoms with Crippen LogP contribution in [0, 0.1) is 0 Å². The van der Waals surface area contributed by atoms with Gasteiger partial charge in [0.1, 0.15) is 23.0 Å². The Labute approximate surface area is 277 Å². The van der Waals surface area contributed by atoms with Crippen LogP contribution in [0.3, 0.4) is 0 Å². The van der Waals surface area contributed by atoms with E-state index in [9.17, 15) is 0 Å². The van der Waals surface area contributed by atoms with Crippen molar-refractivity contribution in [1.29, 1.82) is 0 Å². The maximum atomic E-state index is 16.7. The predicted octanol–water partition coefficient (Wildman–Crippen LogP) is 10.2. The van der Waals surface area contributed by atoms with Gasteiger partial charge in [-0.2, -0.15) is 0 Å². The van der Waals surface area contributed by atoms with Crippen LogP contribution in [-0.2, 0) is 5.41 Å². The van der Waals surface area contributed by atoms with Crippen molar-refractivity contribution in [1.82, 2.24) is 19.1 Å². The smallest absolute Gasteiger partial charge is 0.150 e. The summed E-state index contributed by atoms with van der Waals surface area (Å²) in [6.07, 6.45) is 10.5. The molecule has 5 heterocycles. The van der Waals surface area contributed by atoms with Crippen LogP contribution < -0.4 is 4.74 Å². The van der Waals surface area contributed by atoms with E-state index < -0.39 is 6.17 Å². The molecule has 3 unspecified atom stereocenters. The average Bonchev–Trinajstić information content (AvgIpc) is 3.75. The van der Waals surface area contributed by atoms with Gasteiger partial charge in [-0.05, 0) is 65.2 Å². The van der Waals surface area contributed by atoms with Gasteiger partial charge < -0.3 is 9.30 Å². The molecule has 2 aliphatic heterocycles. The topological polar surface area (TPSA) is 44.9 Å². The molecule has 6 heteroatoms. The van der Waals surface area contributed by atoms with Crippen LogP contribution in [-0.4, -0.2) is 19.1 Å². The average molecular weight is 627 g/mol. The fourth-order valence-electron chi connectivity index (χ4n) is 8.21. The van der Waals surface area contributed by atoms with Crippen molar-refractivity contribution in [2.75, 3.05) is 0 Å². The van der Waals surface area contributed by atoms with E-state index >= 15 is 4.39 Å². The molecule has 7 aromatic rings. The van der Waals surface area contributed by atoms with Gasteiger partial charge in [-0.15, -0.1) is 0 Å². The molecule has 3 atom stereocenters. The summed E-state index contributed by atoms with van der Waals surface area (Å²) in [4.78, 5) is 9.55. The number of alkyl halides is 1. The van der Waals surface area contributed by atoms with Crippen molar-refractivity contribution < 1.29 is 9.13 Å². The molecule has 0 spiro atoms. The zero-order chi connectivity index (χ0) is 32.1. The highest BCUT2D eigenvalue weighted by Gasteiger charge is 2.36. The number of benzene rings is 4. The molecule has 10 rings (SSSR count). The van der Waals surface area contributed by atoms with Gasteiger partial charge >= 0.3 is 0 Å². The minimum Gasteiger partial charge on any atom is -0.457 e. The van der Waals surface area contributed by atoms with Crippen molar-refractivity contribution in [2.45, 2.75) is 37.3 Å². The number of fused-ring (bicyclic) bond motifs is 11. The van der Waals surface area contributed by atoms with Gasteiger partial charge in [0.15, 0.2) is 6.17 Å². The van der Waals surface area contributed by atoms with Crippen LogP contribution >= 0.6 is 0 Å². The third-order valence-electron chi connectivity index (χ3n) is 10.6. The molecule has 5 nitrogen and oxygen atoms in total. The van der Waals surface area contributed by atoms with Crippen LogP contribution in [0.25, 0.3) is 33.3 Å². The summed E-state index contributed by atoms with van der Waals surface area (Å²) in [5.41, 5.74) is 8.30. The summed E-state index contributed by atoms with van der Waals surface area (Å²) < 4.78 is 27.5. The second-order valence-corrected chi connectivity index (χ2v) is 13.5. The van der Waals surface area contributed by atoms with Gasteiger partial charge in [-0.25, -0.2) is 14.4 Å². The lowest BCUT2D eigenvalue weighted by Gasteiger charge is -2.34. The molecule has 4 aromatic carbocycles. The molecule has 0 bridgehead atoms. The van der Waals surface area contributed by atoms with Crippen molar-refractivity contribution in [3.8, 4) is 22.9 Å². The Morgan fingerprint density at radius 2 is 1.67 bits per heavy atom. The fraction of sp³-hybridized carbons (Fsp3) is 0.143. The Morgan fingerprint density at radius 3 is 2.60 bits per heavy atom. The normalized spacial score (nSPS) is 19.0. The first kappa shape index (κ1) is 27.4. The molecule has 232 valence electrons. The molecule has 0 N–H and O–H groups in total. The van der Waals surface area contributed by atoms with Crippen LogP contribution in [0.5, 0.6) is 11.5 Å². The summed E-state index contributed by atoms with van der Waals surface area (Å²) in [7, 11) is 0. The second-order valence-electron chi connectivity index (χ2n) is 13.5. The highest BCUT2D eigenvalue weighted by Crippen LogP contribution is 2.51. The van der Waals surface area contributed by atoms with E-state index in [-0.39, 0.29) is 17.3 Å². The number of imidazole rings is 1. The maximum Gasteiger partial charge on any atom is 0.150 e. The summed E-state index contributed by atoms with van der Waals surface area (Å²) >= 11 is 0. The number of halogens is 1. The summed E-state index contributed by atoms with van der Waals surface area (Å²) in [5, 5.41) is 2.07. The van der Waals surface area contributed by atoms with Crippen LogP contribution in [0.4, 0.5) is 4.39 Å². The molecule has 0 fully saturated rings. The highest BCUT2D eigenvalue weighted by atomic mass is 19.1. The Balaban J connectivity index is 1.08. The third kappa shape index (κ3) is 3.77. The molecule has 3 aromatic heterocycles. The first-order chi connectivity index (χ1) is 23.5. The van der Waals surface area contributed by atoms with E-state index in [2.05, 4.69) is 89.7 Å². The predicted molar refractivity (Wildman–Crippen MR) is 187 cm³/mol. The van der Waals surface area contributed by atoms with Crippen LogP contribution in [0.15, 0.2) is 139 Å². The van der Waals surface area contributed by atoms with Gasteiger partial charge in [0.25, 0.3) is 0 Å². The molecule has 48 heavy (non-hydrogen) atoms. The van der Waals surface area contributed by atoms with E-state index in [4.69, 9.17) is 14.7 Å². The van der Waals surface area contributed by atoms with Crippen molar-refractivity contribution in [3.63, 3.8) is 0 Å². The molecular formula is C42H31FN4O. The third-order valence-corrected chi connectivity index (χ3v) is 10.6. The van der Waals surface area contributed by atoms with Crippen LogP contribution in [0.2, 0.25) is 0 Å². The largest absolute Gasteiger partial charge is 0.457 e. The van der Waals surface area contributed by atoms with Crippen molar-refractivity contribution in [3.05, 3.63) is 168 Å². The first-order valence-electron chi connectivity index (χ1n) is 16.5. The van der Waals surface area contributed by atoms with Crippen molar-refractivity contribution in [2.24, 2.45) is 0 Å². The minimum absolute atomic E-state index is 0.0419. The summed E-state index contributed by atoms with van der Waals surface area (Å²) in [6.45, 7) is 4.48. The number of aromatic nitrogens is 4. The summed E-state index contributed by atoms with van der Waals surface area (Å²) in [6, 6.07) is 32.9. The summed E-state index contributed by atoms with van der Waals surface area (Å²) in [5.74, 6) is 2.76. The van der Waals surface area contributed by atoms with Gasteiger partial charge in [0.2, 0.25) is 0 Å². The molecule has 3 aliphatic rings. The first-order valence-corrected chi connectivity index (χ1v) is 16.5. The molecule has 1 aliphatic carbocycles. The number of hydrogen-bond acceptors (Lipinski definition) is 3. The standard InChI is InChI=1S/C42H31FN4O/c1-42(2)33-13-4-6-15-37(33)48-38-23-31-30-12-8-18-44-41(30)47(36(31)24-34(38)42)27-10-7-9-25(21-27)39(43)26-16-17-28-29-11-3-5-14-35(29)46-20-19-45-40(46)32(28)22-26/h3-24,28,32,39H,1-2H3. The molecule has 0 amide bonds. The molecule has 0 saturated heterocycles. The SMILES string of the molecule is CC1(C)c2ccccc2Oc2cc3c4cccnc4n(-c4cccc(C(F)C5=CC6c7nccn7-c7ccccc7C6C=C5)c4)c3cc21. The lowest BCUT2D eigenvalue weighted by Crippen LogP contribution is -2.24. The number of hydrogen-bond donors (Lipinski definition) is 0. The van der Waals surface area contributed by atoms with Gasteiger partial charge in [0.05, 0.1) is 11.2 Å². The lowest BCUT2D eigenvalue weighted by atomic mass is 9.75. The Kier molecular flexibility index (Phi) is 5.63.